The van der Waals surface area contributed by atoms with Crippen LogP contribution < -0.4 is 11.1 Å². The van der Waals surface area contributed by atoms with Crippen molar-refractivity contribution in [2.45, 2.75) is 45.1 Å². The molecular formula is C10H20N2O. The third-order valence-electron chi connectivity index (χ3n) is 2.96. The SMILES string of the molecule is C[C@H](NCC(N)=O)C1CCCCC1. The topological polar surface area (TPSA) is 55.1 Å². The van der Waals surface area contributed by atoms with Gasteiger partial charge in [0.1, 0.15) is 0 Å². The zero-order valence-electron chi connectivity index (χ0n) is 8.38. The summed E-state index contributed by atoms with van der Waals surface area (Å²) in [7, 11) is 0. The van der Waals surface area contributed by atoms with Crippen molar-refractivity contribution in [3.63, 3.8) is 0 Å². The number of carbonyl (C=O) groups excluding carboxylic acids is 1. The van der Waals surface area contributed by atoms with Crippen molar-refractivity contribution in [2.24, 2.45) is 11.7 Å². The highest BCUT2D eigenvalue weighted by molar-refractivity contribution is 5.75. The Kier molecular flexibility index (Phi) is 4.22. The molecule has 1 aliphatic carbocycles. The van der Waals surface area contributed by atoms with Crippen molar-refractivity contribution < 1.29 is 4.79 Å². The molecule has 0 heterocycles. The normalized spacial score (nSPS) is 21.3. The number of hydrogen-bond donors (Lipinski definition) is 2. The van der Waals surface area contributed by atoms with Crippen LogP contribution in [-0.4, -0.2) is 18.5 Å². The summed E-state index contributed by atoms with van der Waals surface area (Å²) in [5.74, 6) is 0.482. The Morgan fingerprint density at radius 3 is 2.62 bits per heavy atom. The van der Waals surface area contributed by atoms with Crippen LogP contribution in [0.15, 0.2) is 0 Å². The van der Waals surface area contributed by atoms with Gasteiger partial charge in [0, 0.05) is 6.04 Å². The zero-order valence-corrected chi connectivity index (χ0v) is 8.38. The van der Waals surface area contributed by atoms with Gasteiger partial charge < -0.3 is 11.1 Å². The van der Waals surface area contributed by atoms with E-state index in [4.69, 9.17) is 5.73 Å². The Morgan fingerprint density at radius 1 is 1.46 bits per heavy atom. The van der Waals surface area contributed by atoms with Crippen molar-refractivity contribution in [1.29, 1.82) is 0 Å². The van der Waals surface area contributed by atoms with Crippen molar-refractivity contribution in [3.8, 4) is 0 Å². The van der Waals surface area contributed by atoms with E-state index in [1.807, 2.05) is 0 Å². The molecule has 0 aromatic carbocycles. The first-order chi connectivity index (χ1) is 6.20. The number of primary amides is 1. The molecule has 1 saturated carbocycles. The summed E-state index contributed by atoms with van der Waals surface area (Å²) >= 11 is 0. The molecule has 0 aliphatic heterocycles. The molecule has 0 spiro atoms. The minimum absolute atomic E-state index is 0.261. The maximum absolute atomic E-state index is 10.5. The van der Waals surface area contributed by atoms with Gasteiger partial charge in [-0.25, -0.2) is 0 Å². The van der Waals surface area contributed by atoms with Gasteiger partial charge in [-0.1, -0.05) is 19.3 Å². The monoisotopic (exact) mass is 184 g/mol. The minimum Gasteiger partial charge on any atom is -0.369 e. The largest absolute Gasteiger partial charge is 0.369 e. The maximum Gasteiger partial charge on any atom is 0.231 e. The number of nitrogens with one attached hydrogen (secondary N) is 1. The highest BCUT2D eigenvalue weighted by Crippen LogP contribution is 2.26. The molecule has 1 fully saturated rings. The van der Waals surface area contributed by atoms with E-state index < -0.39 is 0 Å². The first-order valence-electron chi connectivity index (χ1n) is 5.22. The fraction of sp³-hybridized carbons (Fsp3) is 0.900. The predicted molar refractivity (Wildman–Crippen MR) is 53.2 cm³/mol. The standard InChI is InChI=1S/C10H20N2O/c1-8(12-7-10(11)13)9-5-3-2-4-6-9/h8-9,12H,2-7H2,1H3,(H2,11,13)/t8-/m0/s1. The van der Waals surface area contributed by atoms with Crippen LogP contribution in [0, 0.1) is 5.92 Å². The van der Waals surface area contributed by atoms with Crippen LogP contribution in [-0.2, 0) is 4.79 Å². The Labute approximate surface area is 80.1 Å². The molecule has 76 valence electrons. The Bertz CT molecular complexity index is 164. The summed E-state index contributed by atoms with van der Waals surface area (Å²) < 4.78 is 0. The van der Waals surface area contributed by atoms with Gasteiger partial charge in [0.25, 0.3) is 0 Å². The average molecular weight is 184 g/mol. The fourth-order valence-electron chi connectivity index (χ4n) is 2.06. The van der Waals surface area contributed by atoms with E-state index in [1.165, 1.54) is 32.1 Å². The second-order valence-corrected chi connectivity index (χ2v) is 4.03. The number of amides is 1. The molecular weight excluding hydrogens is 164 g/mol. The molecule has 3 nitrogen and oxygen atoms in total. The molecule has 0 aromatic rings. The van der Waals surface area contributed by atoms with Gasteiger partial charge in [0.15, 0.2) is 0 Å². The van der Waals surface area contributed by atoms with E-state index >= 15 is 0 Å². The van der Waals surface area contributed by atoms with E-state index in [0.29, 0.717) is 12.6 Å². The molecule has 1 amide bonds. The lowest BCUT2D eigenvalue weighted by atomic mass is 9.84. The summed E-state index contributed by atoms with van der Waals surface area (Å²) in [5, 5.41) is 3.18. The quantitative estimate of drug-likeness (QED) is 0.685. The van der Waals surface area contributed by atoms with Gasteiger partial charge in [0.05, 0.1) is 6.54 Å². The lowest BCUT2D eigenvalue weighted by Gasteiger charge is -2.27. The highest BCUT2D eigenvalue weighted by atomic mass is 16.1. The maximum atomic E-state index is 10.5. The average Bonchev–Trinajstić information content (AvgIpc) is 2.15. The molecule has 0 saturated heterocycles. The van der Waals surface area contributed by atoms with Crippen LogP contribution in [0.5, 0.6) is 0 Å². The highest BCUT2D eigenvalue weighted by Gasteiger charge is 2.19. The molecule has 1 atom stereocenters. The smallest absolute Gasteiger partial charge is 0.231 e. The molecule has 3 heteroatoms. The zero-order chi connectivity index (χ0) is 9.68. The van der Waals surface area contributed by atoms with Gasteiger partial charge >= 0.3 is 0 Å². The van der Waals surface area contributed by atoms with Crippen LogP contribution in [0.4, 0.5) is 0 Å². The second-order valence-electron chi connectivity index (χ2n) is 4.03. The summed E-state index contributed by atoms with van der Waals surface area (Å²) in [5.41, 5.74) is 5.07. The number of carbonyl (C=O) groups is 1. The summed E-state index contributed by atoms with van der Waals surface area (Å²) in [6, 6.07) is 0.438. The number of hydrogen-bond acceptors (Lipinski definition) is 2. The van der Waals surface area contributed by atoms with Crippen molar-refractivity contribution >= 4 is 5.91 Å². The van der Waals surface area contributed by atoms with Gasteiger partial charge in [-0.05, 0) is 25.7 Å². The lowest BCUT2D eigenvalue weighted by Crippen LogP contribution is -2.39. The molecule has 3 N–H and O–H groups in total. The van der Waals surface area contributed by atoms with E-state index in [-0.39, 0.29) is 5.91 Å². The van der Waals surface area contributed by atoms with Crippen LogP contribution >= 0.6 is 0 Å². The first kappa shape index (κ1) is 10.5. The van der Waals surface area contributed by atoms with Crippen LogP contribution in [0.2, 0.25) is 0 Å². The van der Waals surface area contributed by atoms with Crippen LogP contribution in [0.1, 0.15) is 39.0 Å². The summed E-state index contributed by atoms with van der Waals surface area (Å²) in [6.07, 6.45) is 6.65. The van der Waals surface area contributed by atoms with Gasteiger partial charge in [0.2, 0.25) is 5.91 Å². The first-order valence-corrected chi connectivity index (χ1v) is 5.22. The Balaban J connectivity index is 2.20. The van der Waals surface area contributed by atoms with Gasteiger partial charge in [-0.2, -0.15) is 0 Å². The third-order valence-corrected chi connectivity index (χ3v) is 2.96. The number of nitrogens with two attached hydrogens (primary N) is 1. The van der Waals surface area contributed by atoms with Crippen molar-refractivity contribution in [1.82, 2.24) is 5.32 Å². The lowest BCUT2D eigenvalue weighted by molar-refractivity contribution is -0.117. The third kappa shape index (κ3) is 3.77. The molecule has 0 aromatic heterocycles. The molecule has 13 heavy (non-hydrogen) atoms. The predicted octanol–water partition coefficient (Wildman–Crippen LogP) is 1.03. The van der Waals surface area contributed by atoms with Gasteiger partial charge in [-0.15, -0.1) is 0 Å². The van der Waals surface area contributed by atoms with E-state index in [1.54, 1.807) is 0 Å². The fourth-order valence-corrected chi connectivity index (χ4v) is 2.06. The molecule has 0 radical (unpaired) electrons. The molecule has 1 rings (SSSR count). The van der Waals surface area contributed by atoms with Crippen molar-refractivity contribution in [3.05, 3.63) is 0 Å². The molecule has 1 aliphatic rings. The van der Waals surface area contributed by atoms with Crippen molar-refractivity contribution in [2.75, 3.05) is 6.54 Å². The van der Waals surface area contributed by atoms with Crippen LogP contribution in [0.25, 0.3) is 0 Å². The van der Waals surface area contributed by atoms with E-state index in [2.05, 4.69) is 12.2 Å². The van der Waals surface area contributed by atoms with E-state index in [0.717, 1.165) is 5.92 Å². The Morgan fingerprint density at radius 2 is 2.08 bits per heavy atom. The van der Waals surface area contributed by atoms with E-state index in [9.17, 15) is 4.79 Å². The number of rotatable bonds is 4. The second kappa shape index (κ2) is 5.22. The van der Waals surface area contributed by atoms with Crippen LogP contribution in [0.3, 0.4) is 0 Å². The minimum atomic E-state index is -0.261. The summed E-state index contributed by atoms with van der Waals surface area (Å²) in [4.78, 5) is 10.5. The molecule has 0 bridgehead atoms. The Hall–Kier alpha value is -0.570. The van der Waals surface area contributed by atoms with Gasteiger partial charge in [-0.3, -0.25) is 4.79 Å². The summed E-state index contributed by atoms with van der Waals surface area (Å²) in [6.45, 7) is 2.47. The molecule has 0 unspecified atom stereocenters.